The number of anilines is 1. The third kappa shape index (κ3) is 4.87. The van der Waals surface area contributed by atoms with Crippen LogP contribution in [0.15, 0.2) is 51.2 Å². The Balaban J connectivity index is 1.66. The molecule has 1 unspecified atom stereocenters. The van der Waals surface area contributed by atoms with E-state index in [1.165, 1.54) is 18.5 Å². The number of furan rings is 1. The van der Waals surface area contributed by atoms with Crippen LogP contribution in [-0.2, 0) is 9.59 Å². The SMILES string of the molecule is O=C1CC(C(=O)Nc2ccc(Cl)c(Cl)c2)S/C(=N/N=C\c2ccco2)N1. The summed E-state index contributed by atoms with van der Waals surface area (Å²) in [6.07, 6.45) is 2.94. The molecule has 1 aromatic carbocycles. The fourth-order valence-electron chi connectivity index (χ4n) is 2.04. The molecule has 2 heterocycles. The number of nitrogens with one attached hydrogen (secondary N) is 2. The van der Waals surface area contributed by atoms with Gasteiger partial charge in [-0.15, -0.1) is 5.10 Å². The summed E-state index contributed by atoms with van der Waals surface area (Å²) in [5, 5.41) is 13.3. The largest absolute Gasteiger partial charge is 0.463 e. The van der Waals surface area contributed by atoms with Crippen molar-refractivity contribution in [3.8, 4) is 0 Å². The van der Waals surface area contributed by atoms with Gasteiger partial charge in [-0.1, -0.05) is 35.0 Å². The first kappa shape index (κ1) is 18.5. The van der Waals surface area contributed by atoms with Crippen LogP contribution in [0.25, 0.3) is 0 Å². The van der Waals surface area contributed by atoms with Crippen molar-refractivity contribution in [2.75, 3.05) is 5.32 Å². The summed E-state index contributed by atoms with van der Waals surface area (Å²) in [6, 6.07) is 8.18. The molecule has 1 fully saturated rings. The first-order valence-electron chi connectivity index (χ1n) is 7.38. The summed E-state index contributed by atoms with van der Waals surface area (Å²) in [5.74, 6) is -0.133. The number of benzene rings is 1. The van der Waals surface area contributed by atoms with Crippen LogP contribution in [0.2, 0.25) is 10.0 Å². The predicted octanol–water partition coefficient (Wildman–Crippen LogP) is 3.54. The molecule has 26 heavy (non-hydrogen) atoms. The molecule has 10 heteroatoms. The zero-order valence-electron chi connectivity index (χ0n) is 13.1. The molecule has 2 aromatic rings. The highest BCUT2D eigenvalue weighted by molar-refractivity contribution is 8.15. The standard InChI is InChI=1S/C16H12Cl2N4O3S/c17-11-4-3-9(6-12(11)18)20-15(24)13-7-14(23)21-16(26-13)22-19-8-10-2-1-5-25-10/h1-6,8,13H,7H2,(H,20,24)(H,21,22,23)/b19-8-. The first-order valence-corrected chi connectivity index (χ1v) is 9.02. The van der Waals surface area contributed by atoms with Crippen molar-refractivity contribution in [3.05, 3.63) is 52.4 Å². The molecule has 134 valence electrons. The van der Waals surface area contributed by atoms with E-state index in [9.17, 15) is 9.59 Å². The van der Waals surface area contributed by atoms with E-state index in [1.807, 2.05) is 0 Å². The Morgan fingerprint density at radius 3 is 2.92 bits per heavy atom. The average Bonchev–Trinajstić information content (AvgIpc) is 3.11. The van der Waals surface area contributed by atoms with Gasteiger partial charge in [-0.25, -0.2) is 0 Å². The number of hydrogen-bond donors (Lipinski definition) is 2. The maximum absolute atomic E-state index is 12.4. The molecule has 0 radical (unpaired) electrons. The quantitative estimate of drug-likeness (QED) is 0.594. The predicted molar refractivity (Wildman–Crippen MR) is 103 cm³/mol. The Morgan fingerprint density at radius 1 is 1.35 bits per heavy atom. The smallest absolute Gasteiger partial charge is 0.238 e. The minimum absolute atomic E-state index is 0.0265. The second-order valence-electron chi connectivity index (χ2n) is 5.14. The van der Waals surface area contributed by atoms with Crippen molar-refractivity contribution >= 4 is 63.8 Å². The summed E-state index contributed by atoms with van der Waals surface area (Å²) in [7, 11) is 0. The van der Waals surface area contributed by atoms with Crippen LogP contribution in [0, 0.1) is 0 Å². The maximum Gasteiger partial charge on any atom is 0.238 e. The van der Waals surface area contributed by atoms with Crippen LogP contribution >= 0.6 is 35.0 Å². The lowest BCUT2D eigenvalue weighted by atomic mass is 10.2. The highest BCUT2D eigenvalue weighted by Crippen LogP contribution is 2.27. The second kappa shape index (κ2) is 8.39. The first-order chi connectivity index (χ1) is 12.5. The highest BCUT2D eigenvalue weighted by Gasteiger charge is 2.30. The number of carbonyl (C=O) groups is 2. The van der Waals surface area contributed by atoms with Gasteiger partial charge >= 0.3 is 0 Å². The molecule has 1 atom stereocenters. The van der Waals surface area contributed by atoms with Gasteiger partial charge in [-0.2, -0.15) is 5.10 Å². The summed E-state index contributed by atoms with van der Waals surface area (Å²) in [4.78, 5) is 24.3. The normalized spacial score (nSPS) is 18.9. The molecular formula is C16H12Cl2N4O3S. The van der Waals surface area contributed by atoms with Crippen molar-refractivity contribution in [3.63, 3.8) is 0 Å². The van der Waals surface area contributed by atoms with Crippen molar-refractivity contribution in [2.45, 2.75) is 11.7 Å². The van der Waals surface area contributed by atoms with Crippen molar-refractivity contribution in [1.82, 2.24) is 5.32 Å². The summed E-state index contributed by atoms with van der Waals surface area (Å²) in [6.45, 7) is 0. The molecule has 0 saturated carbocycles. The molecule has 0 aliphatic carbocycles. The molecule has 2 amide bonds. The summed E-state index contributed by atoms with van der Waals surface area (Å²) < 4.78 is 5.09. The molecule has 1 aliphatic heterocycles. The zero-order valence-corrected chi connectivity index (χ0v) is 15.4. The van der Waals surface area contributed by atoms with Crippen LogP contribution < -0.4 is 10.6 Å². The van der Waals surface area contributed by atoms with Gasteiger partial charge in [0.05, 0.1) is 22.5 Å². The average molecular weight is 411 g/mol. The number of thioether (sulfide) groups is 1. The number of carbonyl (C=O) groups excluding carboxylic acids is 2. The van der Waals surface area contributed by atoms with Crippen molar-refractivity contribution in [1.29, 1.82) is 0 Å². The molecule has 1 aromatic heterocycles. The number of halogens is 2. The topological polar surface area (TPSA) is 96.1 Å². The second-order valence-corrected chi connectivity index (χ2v) is 7.15. The van der Waals surface area contributed by atoms with Crippen LogP contribution in [0.4, 0.5) is 5.69 Å². The number of rotatable bonds is 4. The van der Waals surface area contributed by atoms with Crippen LogP contribution in [0.1, 0.15) is 12.2 Å². The minimum atomic E-state index is -0.643. The van der Waals surface area contributed by atoms with E-state index in [2.05, 4.69) is 20.8 Å². The third-order valence-electron chi connectivity index (χ3n) is 3.23. The number of hydrogen-bond acceptors (Lipinski definition) is 6. The Morgan fingerprint density at radius 2 is 2.19 bits per heavy atom. The summed E-state index contributed by atoms with van der Waals surface area (Å²) >= 11 is 12.9. The van der Waals surface area contributed by atoms with Crippen molar-refractivity contribution in [2.24, 2.45) is 10.2 Å². The highest BCUT2D eigenvalue weighted by atomic mass is 35.5. The Hall–Kier alpha value is -2.29. The van der Waals surface area contributed by atoms with Gasteiger partial charge in [0.15, 0.2) is 5.17 Å². The molecule has 2 N–H and O–H groups in total. The van der Waals surface area contributed by atoms with Gasteiger partial charge in [-0.3, -0.25) is 9.59 Å². The Kier molecular flexibility index (Phi) is 5.97. The monoisotopic (exact) mass is 410 g/mol. The lowest BCUT2D eigenvalue weighted by molar-refractivity contribution is -0.123. The summed E-state index contributed by atoms with van der Waals surface area (Å²) in [5.41, 5.74) is 0.491. The molecular weight excluding hydrogens is 399 g/mol. The maximum atomic E-state index is 12.4. The molecule has 7 nitrogen and oxygen atoms in total. The van der Waals surface area contributed by atoms with Crippen LogP contribution in [-0.4, -0.2) is 28.4 Å². The lowest BCUT2D eigenvalue weighted by Gasteiger charge is -2.21. The third-order valence-corrected chi connectivity index (χ3v) is 5.04. The number of nitrogens with zero attached hydrogens (tertiary/aromatic N) is 2. The van der Waals surface area contributed by atoms with E-state index in [0.29, 0.717) is 21.5 Å². The van der Waals surface area contributed by atoms with E-state index in [1.54, 1.807) is 24.3 Å². The molecule has 1 aliphatic rings. The minimum Gasteiger partial charge on any atom is -0.463 e. The number of amidine groups is 1. The fourth-order valence-corrected chi connectivity index (χ4v) is 3.27. The Labute approximate surface area is 162 Å². The van der Waals surface area contributed by atoms with Gasteiger partial charge in [0.1, 0.15) is 11.0 Å². The van der Waals surface area contributed by atoms with Gasteiger partial charge in [0.2, 0.25) is 11.8 Å². The molecule has 0 bridgehead atoms. The van der Waals surface area contributed by atoms with E-state index in [0.717, 1.165) is 11.8 Å². The molecule has 0 spiro atoms. The van der Waals surface area contributed by atoms with E-state index >= 15 is 0 Å². The Bertz CT molecular complexity index is 884. The van der Waals surface area contributed by atoms with E-state index in [4.69, 9.17) is 27.6 Å². The fraction of sp³-hybridized carbons (Fsp3) is 0.125. The van der Waals surface area contributed by atoms with Crippen molar-refractivity contribution < 1.29 is 14.0 Å². The number of amides is 2. The molecule has 1 saturated heterocycles. The van der Waals surface area contributed by atoms with E-state index < -0.39 is 5.25 Å². The molecule has 3 rings (SSSR count). The van der Waals surface area contributed by atoms with Crippen LogP contribution in [0.5, 0.6) is 0 Å². The van der Waals surface area contributed by atoms with Crippen LogP contribution in [0.3, 0.4) is 0 Å². The van der Waals surface area contributed by atoms with Gasteiger partial charge < -0.3 is 15.1 Å². The van der Waals surface area contributed by atoms with Gasteiger partial charge in [0.25, 0.3) is 0 Å². The van der Waals surface area contributed by atoms with Gasteiger partial charge in [-0.05, 0) is 30.3 Å². The van der Waals surface area contributed by atoms with Gasteiger partial charge in [0, 0.05) is 12.1 Å². The van der Waals surface area contributed by atoms with E-state index in [-0.39, 0.29) is 23.4 Å². The zero-order chi connectivity index (χ0) is 18.5. The lowest BCUT2D eigenvalue weighted by Crippen LogP contribution is -2.41.